The third kappa shape index (κ3) is 4.37. The lowest BCUT2D eigenvalue weighted by Crippen LogP contribution is -2.38. The number of benzene rings is 2. The first-order chi connectivity index (χ1) is 16.2. The Balaban J connectivity index is 1.20. The molecule has 0 spiro atoms. The number of piperidine rings is 1. The molecule has 2 aromatic carbocycles. The van der Waals surface area contributed by atoms with Gasteiger partial charge in [0.25, 0.3) is 5.89 Å². The summed E-state index contributed by atoms with van der Waals surface area (Å²) in [6.07, 6.45) is 2.86. The Morgan fingerprint density at radius 1 is 1.00 bits per heavy atom. The molecule has 1 amide bonds. The summed E-state index contributed by atoms with van der Waals surface area (Å²) in [7, 11) is 0. The summed E-state index contributed by atoms with van der Waals surface area (Å²) in [5.41, 5.74) is 3.26. The van der Waals surface area contributed by atoms with Gasteiger partial charge < -0.3 is 19.1 Å². The Kier molecular flexibility index (Phi) is 5.64. The Hall–Kier alpha value is -4.31. The number of nitriles is 1. The maximum atomic E-state index is 12.8. The summed E-state index contributed by atoms with van der Waals surface area (Å²) >= 11 is 0. The van der Waals surface area contributed by atoms with Crippen molar-refractivity contribution in [3.05, 3.63) is 78.7 Å². The Morgan fingerprint density at radius 3 is 2.39 bits per heavy atom. The fourth-order valence-corrected chi connectivity index (χ4v) is 4.07. The van der Waals surface area contributed by atoms with Crippen LogP contribution >= 0.6 is 0 Å². The molecule has 0 atom stereocenters. The third-order valence-electron chi connectivity index (χ3n) is 5.86. The van der Waals surface area contributed by atoms with Crippen molar-refractivity contribution in [2.24, 2.45) is 5.92 Å². The highest BCUT2D eigenvalue weighted by Crippen LogP contribution is 2.31. The molecule has 0 saturated carbocycles. The number of nitrogens with zero attached hydrogens (tertiary/aromatic N) is 3. The summed E-state index contributed by atoms with van der Waals surface area (Å²) < 4.78 is 11.1. The molecule has 7 nitrogen and oxygen atoms in total. The van der Waals surface area contributed by atoms with Crippen LogP contribution in [0.1, 0.15) is 18.5 Å². The minimum Gasteiger partial charge on any atom is -0.459 e. The van der Waals surface area contributed by atoms with E-state index in [2.05, 4.69) is 28.5 Å². The third-order valence-corrected chi connectivity index (χ3v) is 5.86. The van der Waals surface area contributed by atoms with Crippen LogP contribution in [0.2, 0.25) is 0 Å². The van der Waals surface area contributed by atoms with Crippen molar-refractivity contribution in [1.29, 1.82) is 5.26 Å². The molecule has 1 aliphatic rings. The lowest BCUT2D eigenvalue weighted by atomic mass is 9.95. The highest BCUT2D eigenvalue weighted by atomic mass is 16.4. The second-order valence-electron chi connectivity index (χ2n) is 7.96. The van der Waals surface area contributed by atoms with Crippen LogP contribution in [0, 0.1) is 17.2 Å². The minimum atomic E-state index is -0.104. The van der Waals surface area contributed by atoms with Gasteiger partial charge in [0.05, 0.1) is 6.26 Å². The van der Waals surface area contributed by atoms with E-state index >= 15 is 0 Å². The van der Waals surface area contributed by atoms with Crippen LogP contribution < -0.4 is 10.2 Å². The van der Waals surface area contributed by atoms with Gasteiger partial charge in [-0.25, -0.2) is 0 Å². The second-order valence-corrected chi connectivity index (χ2v) is 7.96. The fourth-order valence-electron chi connectivity index (χ4n) is 4.07. The number of hydrogen-bond acceptors (Lipinski definition) is 6. The van der Waals surface area contributed by atoms with Gasteiger partial charge in [-0.1, -0.05) is 42.5 Å². The Labute approximate surface area is 191 Å². The van der Waals surface area contributed by atoms with E-state index in [-0.39, 0.29) is 23.4 Å². The van der Waals surface area contributed by atoms with Gasteiger partial charge in [0.2, 0.25) is 17.5 Å². The molecular formula is C26H22N4O3. The normalized spacial score (nSPS) is 14.1. The van der Waals surface area contributed by atoms with Crippen molar-refractivity contribution >= 4 is 17.5 Å². The number of amides is 1. The molecule has 1 N–H and O–H groups in total. The zero-order valence-electron chi connectivity index (χ0n) is 17.9. The molecule has 4 aromatic rings. The number of carbonyl (C=O) groups excluding carboxylic acids is 1. The van der Waals surface area contributed by atoms with Crippen molar-refractivity contribution in [3.8, 4) is 28.8 Å². The molecule has 3 heterocycles. The SMILES string of the molecule is N#Cc1nc(-c2ccco2)oc1N1CCC(C(=O)Nc2ccc(-c3ccccc3)cc2)CC1. The summed E-state index contributed by atoms with van der Waals surface area (Å²) in [6, 6.07) is 23.6. The van der Waals surface area contributed by atoms with Crippen molar-refractivity contribution in [2.45, 2.75) is 12.8 Å². The van der Waals surface area contributed by atoms with Gasteiger partial charge >= 0.3 is 0 Å². The van der Waals surface area contributed by atoms with E-state index in [4.69, 9.17) is 8.83 Å². The largest absolute Gasteiger partial charge is 0.459 e. The Morgan fingerprint density at radius 2 is 1.73 bits per heavy atom. The molecule has 1 fully saturated rings. The number of furan rings is 1. The van der Waals surface area contributed by atoms with Crippen molar-refractivity contribution in [2.75, 3.05) is 23.3 Å². The number of carbonyl (C=O) groups is 1. The lowest BCUT2D eigenvalue weighted by molar-refractivity contribution is -0.120. The maximum Gasteiger partial charge on any atom is 0.266 e. The summed E-state index contributed by atoms with van der Waals surface area (Å²) in [5.74, 6) is 1.10. The highest BCUT2D eigenvalue weighted by Gasteiger charge is 2.29. The molecule has 1 aliphatic heterocycles. The van der Waals surface area contributed by atoms with Crippen molar-refractivity contribution in [3.63, 3.8) is 0 Å². The number of oxazole rings is 1. The van der Waals surface area contributed by atoms with Crippen LogP contribution in [0.25, 0.3) is 22.8 Å². The predicted molar refractivity (Wildman–Crippen MR) is 124 cm³/mol. The monoisotopic (exact) mass is 438 g/mol. The topological polar surface area (TPSA) is 95.3 Å². The van der Waals surface area contributed by atoms with Crippen LogP contribution in [0.5, 0.6) is 0 Å². The zero-order valence-corrected chi connectivity index (χ0v) is 17.9. The number of rotatable bonds is 5. The summed E-state index contributed by atoms with van der Waals surface area (Å²) in [4.78, 5) is 19.0. The van der Waals surface area contributed by atoms with Gasteiger partial charge in [-0.3, -0.25) is 4.79 Å². The van der Waals surface area contributed by atoms with Gasteiger partial charge in [-0.05, 0) is 48.2 Å². The smallest absolute Gasteiger partial charge is 0.266 e. The van der Waals surface area contributed by atoms with E-state index in [1.165, 1.54) is 6.26 Å². The van der Waals surface area contributed by atoms with Crippen LogP contribution in [-0.4, -0.2) is 24.0 Å². The molecule has 0 aliphatic carbocycles. The van der Waals surface area contributed by atoms with E-state index in [9.17, 15) is 10.1 Å². The quantitative estimate of drug-likeness (QED) is 0.453. The van der Waals surface area contributed by atoms with Gasteiger partial charge in [0.1, 0.15) is 6.07 Å². The zero-order chi connectivity index (χ0) is 22.6. The Bertz CT molecular complexity index is 1260. The van der Waals surface area contributed by atoms with E-state index in [0.29, 0.717) is 37.6 Å². The molecule has 33 heavy (non-hydrogen) atoms. The molecule has 1 saturated heterocycles. The van der Waals surface area contributed by atoms with Crippen LogP contribution in [0.3, 0.4) is 0 Å². The molecule has 0 unspecified atom stereocenters. The summed E-state index contributed by atoms with van der Waals surface area (Å²) in [5, 5.41) is 12.5. The van der Waals surface area contributed by atoms with Crippen LogP contribution in [-0.2, 0) is 4.79 Å². The lowest BCUT2D eigenvalue weighted by Gasteiger charge is -2.30. The van der Waals surface area contributed by atoms with E-state index in [0.717, 1.165) is 16.8 Å². The first-order valence-electron chi connectivity index (χ1n) is 10.9. The van der Waals surface area contributed by atoms with Crippen molar-refractivity contribution in [1.82, 2.24) is 4.98 Å². The average Bonchev–Trinajstić information content (AvgIpc) is 3.55. The number of anilines is 2. The molecule has 164 valence electrons. The number of aromatic nitrogens is 1. The average molecular weight is 438 g/mol. The fraction of sp³-hybridized carbons (Fsp3) is 0.192. The van der Waals surface area contributed by atoms with E-state index in [1.54, 1.807) is 12.1 Å². The molecule has 2 aromatic heterocycles. The highest BCUT2D eigenvalue weighted by molar-refractivity contribution is 5.93. The molecule has 7 heteroatoms. The molecule has 0 radical (unpaired) electrons. The summed E-state index contributed by atoms with van der Waals surface area (Å²) in [6.45, 7) is 1.21. The van der Waals surface area contributed by atoms with Gasteiger partial charge in [-0.15, -0.1) is 0 Å². The second kappa shape index (κ2) is 9.05. The molecular weight excluding hydrogens is 416 g/mol. The number of hydrogen-bond donors (Lipinski definition) is 1. The molecule has 5 rings (SSSR count). The maximum absolute atomic E-state index is 12.8. The minimum absolute atomic E-state index is 0.0106. The van der Waals surface area contributed by atoms with Gasteiger partial charge in [0, 0.05) is 24.7 Å². The van der Waals surface area contributed by atoms with Crippen molar-refractivity contribution < 1.29 is 13.6 Å². The first-order valence-corrected chi connectivity index (χ1v) is 10.9. The molecule has 0 bridgehead atoms. The van der Waals surface area contributed by atoms with E-state index in [1.807, 2.05) is 47.4 Å². The van der Waals surface area contributed by atoms with Crippen LogP contribution in [0.15, 0.2) is 81.8 Å². The van der Waals surface area contributed by atoms with Gasteiger partial charge in [0.15, 0.2) is 5.76 Å². The van der Waals surface area contributed by atoms with Crippen LogP contribution in [0.4, 0.5) is 11.6 Å². The first kappa shape index (κ1) is 20.6. The predicted octanol–water partition coefficient (Wildman–Crippen LogP) is 5.33. The van der Waals surface area contributed by atoms with Gasteiger partial charge in [-0.2, -0.15) is 10.2 Å². The standard InChI is InChI=1S/C26H22N4O3/c27-17-22-26(33-25(29-22)23-7-4-16-32-23)30-14-12-20(13-15-30)24(31)28-21-10-8-19(9-11-21)18-5-2-1-3-6-18/h1-11,16,20H,12-15H2,(H,28,31). The van der Waals surface area contributed by atoms with E-state index < -0.39 is 0 Å². The number of nitrogens with one attached hydrogen (secondary N) is 1.